The first-order chi connectivity index (χ1) is 20.3. The van der Waals surface area contributed by atoms with Gasteiger partial charge < -0.3 is 13.6 Å². The van der Waals surface area contributed by atoms with Crippen molar-refractivity contribution in [1.29, 1.82) is 0 Å². The van der Waals surface area contributed by atoms with E-state index in [1.54, 1.807) is 6.07 Å². The quantitative estimate of drug-likeness (QED) is 0.206. The maximum absolute atomic E-state index is 11.9. The Bertz CT molecular complexity index is 2180. The fourth-order valence-electron chi connectivity index (χ4n) is 5.30. The molecule has 0 amide bonds. The molecular formula is C33H26N4O4S. The largest absolute Gasteiger partial charge is 0.450 e. The van der Waals surface area contributed by atoms with Crippen molar-refractivity contribution in [3.8, 4) is 23.2 Å². The van der Waals surface area contributed by atoms with Crippen molar-refractivity contribution >= 4 is 32.2 Å². The van der Waals surface area contributed by atoms with Gasteiger partial charge in [0.1, 0.15) is 0 Å². The van der Waals surface area contributed by atoms with Crippen LogP contribution in [0.15, 0.2) is 119 Å². The number of fused-ring (bicyclic) bond motifs is 2. The van der Waals surface area contributed by atoms with Gasteiger partial charge >= 0.3 is 0 Å². The predicted molar refractivity (Wildman–Crippen MR) is 162 cm³/mol. The van der Waals surface area contributed by atoms with Crippen molar-refractivity contribution in [2.45, 2.75) is 24.9 Å². The summed E-state index contributed by atoms with van der Waals surface area (Å²) in [6.07, 6.45) is 0. The maximum atomic E-state index is 11.9. The molecule has 208 valence electrons. The average Bonchev–Trinajstić information content (AvgIpc) is 3.70. The highest BCUT2D eigenvalue weighted by Crippen LogP contribution is 2.33. The van der Waals surface area contributed by atoms with Gasteiger partial charge in [-0.2, -0.15) is 8.42 Å². The predicted octanol–water partition coefficient (Wildman–Crippen LogP) is 6.96. The monoisotopic (exact) mass is 574 g/mol. The molecule has 0 unspecified atom stereocenters. The van der Waals surface area contributed by atoms with Crippen molar-refractivity contribution in [3.05, 3.63) is 126 Å². The lowest BCUT2D eigenvalue weighted by Gasteiger charge is -2.10. The summed E-state index contributed by atoms with van der Waals surface area (Å²) in [4.78, 5) is 9.57. The standard InChI is InChI=1S/C33H26N4O4S/c1-22-12-14-26-28(18-22)36(20-23-8-4-2-5-9-23)32(34-26)30-16-17-31(41-30)33-35-27-15-13-25(42(38,39)40)19-29(27)37(33)21-24-10-6-3-7-11-24/h2-19H,20-21H2,1H3,(H,38,39,40). The molecule has 7 rings (SSSR count). The van der Waals surface area contributed by atoms with E-state index in [1.165, 1.54) is 12.1 Å². The Balaban J connectivity index is 1.38. The van der Waals surface area contributed by atoms with Crippen molar-refractivity contribution < 1.29 is 17.4 Å². The van der Waals surface area contributed by atoms with Crippen LogP contribution in [0.4, 0.5) is 0 Å². The summed E-state index contributed by atoms with van der Waals surface area (Å²) in [5.74, 6) is 2.34. The second-order valence-electron chi connectivity index (χ2n) is 10.3. The molecule has 42 heavy (non-hydrogen) atoms. The van der Waals surface area contributed by atoms with Crippen molar-refractivity contribution in [1.82, 2.24) is 19.1 Å². The van der Waals surface area contributed by atoms with Crippen molar-refractivity contribution in [2.75, 3.05) is 0 Å². The summed E-state index contributed by atoms with van der Waals surface area (Å²) in [5.41, 5.74) is 6.32. The van der Waals surface area contributed by atoms with Crippen LogP contribution in [-0.4, -0.2) is 32.1 Å². The molecule has 8 nitrogen and oxygen atoms in total. The molecule has 0 aliphatic carbocycles. The molecule has 0 bridgehead atoms. The minimum absolute atomic E-state index is 0.194. The minimum Gasteiger partial charge on any atom is -0.450 e. The van der Waals surface area contributed by atoms with Gasteiger partial charge in [0.2, 0.25) is 0 Å². The highest BCUT2D eigenvalue weighted by molar-refractivity contribution is 7.85. The van der Waals surface area contributed by atoms with E-state index in [2.05, 4.69) is 29.7 Å². The molecule has 9 heteroatoms. The summed E-state index contributed by atoms with van der Waals surface area (Å²) in [6.45, 7) is 3.11. The molecule has 0 aliphatic heterocycles. The number of imidazole rings is 2. The Morgan fingerprint density at radius 2 is 1.17 bits per heavy atom. The zero-order valence-corrected chi connectivity index (χ0v) is 23.5. The highest BCUT2D eigenvalue weighted by Gasteiger charge is 2.22. The van der Waals surface area contributed by atoms with E-state index in [0.29, 0.717) is 47.3 Å². The fraction of sp³-hybridized carbons (Fsp3) is 0.0909. The van der Waals surface area contributed by atoms with Crippen LogP contribution in [0.2, 0.25) is 0 Å². The van der Waals surface area contributed by atoms with Gasteiger partial charge in [-0.15, -0.1) is 0 Å². The number of hydrogen-bond donors (Lipinski definition) is 1. The van der Waals surface area contributed by atoms with Gasteiger partial charge in [0, 0.05) is 13.1 Å². The first kappa shape index (κ1) is 25.9. The molecular weight excluding hydrogens is 548 g/mol. The summed E-state index contributed by atoms with van der Waals surface area (Å²) in [7, 11) is -4.39. The third-order valence-electron chi connectivity index (χ3n) is 7.34. The number of aromatic nitrogens is 4. The normalized spacial score (nSPS) is 12.0. The van der Waals surface area contributed by atoms with Gasteiger partial charge in [-0.25, -0.2) is 9.97 Å². The number of furan rings is 1. The van der Waals surface area contributed by atoms with Gasteiger partial charge in [-0.05, 0) is 66.1 Å². The van der Waals surface area contributed by atoms with Gasteiger partial charge in [0.05, 0.1) is 27.0 Å². The van der Waals surface area contributed by atoms with E-state index in [1.807, 2.05) is 77.4 Å². The third-order valence-corrected chi connectivity index (χ3v) is 8.18. The van der Waals surface area contributed by atoms with E-state index in [9.17, 15) is 13.0 Å². The third kappa shape index (κ3) is 4.78. The number of nitrogens with zero attached hydrogens (tertiary/aromatic N) is 4. The molecule has 0 atom stereocenters. The lowest BCUT2D eigenvalue weighted by molar-refractivity contribution is 0.483. The summed E-state index contributed by atoms with van der Waals surface area (Å²) in [5, 5.41) is 0. The Kier molecular flexibility index (Phi) is 6.26. The topological polar surface area (TPSA) is 103 Å². The van der Waals surface area contributed by atoms with E-state index >= 15 is 0 Å². The number of benzene rings is 4. The van der Waals surface area contributed by atoms with E-state index < -0.39 is 10.1 Å². The first-order valence-electron chi connectivity index (χ1n) is 13.5. The second kappa shape index (κ2) is 10.1. The van der Waals surface area contributed by atoms with Crippen LogP contribution < -0.4 is 0 Å². The van der Waals surface area contributed by atoms with Crippen LogP contribution in [-0.2, 0) is 23.2 Å². The first-order valence-corrected chi connectivity index (χ1v) is 14.9. The smallest absolute Gasteiger partial charge is 0.294 e. The zero-order valence-electron chi connectivity index (χ0n) is 22.7. The zero-order chi connectivity index (χ0) is 28.8. The van der Waals surface area contributed by atoms with Gasteiger partial charge in [0.15, 0.2) is 23.2 Å². The van der Waals surface area contributed by atoms with E-state index in [4.69, 9.17) is 14.4 Å². The highest BCUT2D eigenvalue weighted by atomic mass is 32.2. The minimum atomic E-state index is -4.39. The molecule has 3 heterocycles. The Labute approximate surface area is 242 Å². The van der Waals surface area contributed by atoms with Crippen LogP contribution in [0, 0.1) is 6.92 Å². The van der Waals surface area contributed by atoms with E-state index in [-0.39, 0.29) is 4.90 Å². The number of hydrogen-bond acceptors (Lipinski definition) is 5. The van der Waals surface area contributed by atoms with Gasteiger partial charge in [-0.1, -0.05) is 66.7 Å². The molecule has 0 saturated carbocycles. The van der Waals surface area contributed by atoms with Crippen molar-refractivity contribution in [2.24, 2.45) is 0 Å². The maximum Gasteiger partial charge on any atom is 0.294 e. The Morgan fingerprint density at radius 1 is 0.667 bits per heavy atom. The van der Waals surface area contributed by atoms with Crippen LogP contribution >= 0.6 is 0 Å². The van der Waals surface area contributed by atoms with Gasteiger partial charge in [-0.3, -0.25) is 4.55 Å². The summed E-state index contributed by atoms with van der Waals surface area (Å²) in [6, 6.07) is 34.4. The second-order valence-corrected chi connectivity index (χ2v) is 11.7. The summed E-state index contributed by atoms with van der Waals surface area (Å²) >= 11 is 0. The molecule has 0 saturated heterocycles. The number of rotatable bonds is 7. The molecule has 3 aromatic heterocycles. The van der Waals surface area contributed by atoms with Crippen LogP contribution in [0.5, 0.6) is 0 Å². The molecule has 4 aromatic carbocycles. The van der Waals surface area contributed by atoms with Gasteiger partial charge in [0.25, 0.3) is 10.1 Å². The van der Waals surface area contributed by atoms with Crippen LogP contribution in [0.3, 0.4) is 0 Å². The molecule has 0 fully saturated rings. The van der Waals surface area contributed by atoms with Crippen molar-refractivity contribution in [3.63, 3.8) is 0 Å². The SMILES string of the molecule is Cc1ccc2nc(-c3ccc(-c4nc5ccc(S(=O)(=O)O)cc5n4Cc4ccccc4)o3)n(Cc3ccccc3)c2c1. The van der Waals surface area contributed by atoms with Crippen LogP contribution in [0.1, 0.15) is 16.7 Å². The molecule has 0 aliphatic rings. The summed E-state index contributed by atoms with van der Waals surface area (Å²) < 4.78 is 44.1. The van der Waals surface area contributed by atoms with E-state index in [0.717, 1.165) is 27.7 Å². The Morgan fingerprint density at radius 3 is 1.69 bits per heavy atom. The molecule has 7 aromatic rings. The lowest BCUT2D eigenvalue weighted by atomic mass is 10.2. The molecule has 0 spiro atoms. The van der Waals surface area contributed by atoms with Crippen LogP contribution in [0.25, 0.3) is 45.2 Å². The lowest BCUT2D eigenvalue weighted by Crippen LogP contribution is -2.03. The fourth-order valence-corrected chi connectivity index (χ4v) is 5.80. The molecule has 0 radical (unpaired) electrons. The Hall–Kier alpha value is -4.99. The average molecular weight is 575 g/mol. The number of aryl methyl sites for hydroxylation is 1. The molecule has 1 N–H and O–H groups in total.